The van der Waals surface area contributed by atoms with Crippen molar-refractivity contribution in [2.24, 2.45) is 10.9 Å². The molecule has 1 amide bonds. The van der Waals surface area contributed by atoms with Gasteiger partial charge in [-0.25, -0.2) is 0 Å². The number of oxime groups is 1. The zero-order valence-corrected chi connectivity index (χ0v) is 12.1. The second kappa shape index (κ2) is 6.47. The minimum Gasteiger partial charge on any atom is -0.493 e. The van der Waals surface area contributed by atoms with Crippen LogP contribution in [0.25, 0.3) is 0 Å². The standard InChI is InChI=1S/C15H21N3O3/c1-2-21-12-8-4-3-7-11(12)13(19)17-15(14(16)18-20)9-5-6-10-15/h3-4,7-8,20H,2,5-6,9-10H2,1H3,(H2,16,18)(H,17,19). The number of rotatable bonds is 5. The van der Waals surface area contributed by atoms with Crippen LogP contribution in [0.2, 0.25) is 0 Å². The lowest BCUT2D eigenvalue weighted by atomic mass is 9.95. The number of nitrogens with zero attached hydrogens (tertiary/aromatic N) is 1. The van der Waals surface area contributed by atoms with E-state index in [1.54, 1.807) is 18.2 Å². The van der Waals surface area contributed by atoms with Crippen LogP contribution in [-0.4, -0.2) is 29.1 Å². The molecule has 114 valence electrons. The van der Waals surface area contributed by atoms with Crippen molar-refractivity contribution < 1.29 is 14.7 Å². The molecule has 0 bridgehead atoms. The van der Waals surface area contributed by atoms with E-state index >= 15 is 0 Å². The summed E-state index contributed by atoms with van der Waals surface area (Å²) < 4.78 is 5.47. The Balaban J connectivity index is 2.24. The molecule has 1 aromatic rings. The summed E-state index contributed by atoms with van der Waals surface area (Å²) in [6, 6.07) is 7.05. The number of amidine groups is 1. The highest BCUT2D eigenvalue weighted by Crippen LogP contribution is 2.31. The minimum atomic E-state index is -0.759. The molecular weight excluding hydrogens is 270 g/mol. The van der Waals surface area contributed by atoms with Crippen LogP contribution in [0, 0.1) is 0 Å². The average Bonchev–Trinajstić information content (AvgIpc) is 2.97. The molecule has 0 radical (unpaired) electrons. The first-order valence-electron chi connectivity index (χ1n) is 7.15. The predicted molar refractivity (Wildman–Crippen MR) is 79.7 cm³/mol. The molecule has 0 aromatic heterocycles. The van der Waals surface area contributed by atoms with Crippen LogP contribution in [0.4, 0.5) is 0 Å². The quantitative estimate of drug-likeness (QED) is 0.334. The molecule has 0 heterocycles. The van der Waals surface area contributed by atoms with E-state index in [9.17, 15) is 4.79 Å². The first kappa shape index (κ1) is 15.2. The third kappa shape index (κ3) is 3.09. The summed E-state index contributed by atoms with van der Waals surface area (Å²) in [5, 5.41) is 15.0. The summed E-state index contributed by atoms with van der Waals surface area (Å²) in [4.78, 5) is 12.5. The Kier molecular flexibility index (Phi) is 4.67. The fourth-order valence-corrected chi connectivity index (χ4v) is 2.74. The Morgan fingerprint density at radius 2 is 2.10 bits per heavy atom. The van der Waals surface area contributed by atoms with Gasteiger partial charge in [-0.1, -0.05) is 30.1 Å². The number of benzene rings is 1. The molecule has 0 saturated heterocycles. The van der Waals surface area contributed by atoms with Gasteiger partial charge in [-0.05, 0) is 31.9 Å². The van der Waals surface area contributed by atoms with Gasteiger partial charge in [-0.3, -0.25) is 4.79 Å². The third-order valence-electron chi connectivity index (χ3n) is 3.84. The molecule has 0 unspecified atom stereocenters. The molecule has 1 aromatic carbocycles. The van der Waals surface area contributed by atoms with Crippen LogP contribution in [0.3, 0.4) is 0 Å². The van der Waals surface area contributed by atoms with Crippen molar-refractivity contribution in [3.63, 3.8) is 0 Å². The Hall–Kier alpha value is -2.24. The van der Waals surface area contributed by atoms with Crippen molar-refractivity contribution in [3.05, 3.63) is 29.8 Å². The predicted octanol–water partition coefficient (Wildman–Crippen LogP) is 1.87. The molecule has 1 aliphatic rings. The van der Waals surface area contributed by atoms with Crippen molar-refractivity contribution in [2.75, 3.05) is 6.61 Å². The number of carbonyl (C=O) groups excluding carboxylic acids is 1. The molecule has 1 fully saturated rings. The number of ether oxygens (including phenoxy) is 1. The molecule has 2 rings (SSSR count). The Morgan fingerprint density at radius 1 is 1.43 bits per heavy atom. The van der Waals surface area contributed by atoms with Gasteiger partial charge in [0.1, 0.15) is 11.3 Å². The maximum atomic E-state index is 12.5. The zero-order chi connectivity index (χ0) is 15.3. The smallest absolute Gasteiger partial charge is 0.255 e. The molecule has 0 atom stereocenters. The van der Waals surface area contributed by atoms with Crippen LogP contribution in [0.5, 0.6) is 5.75 Å². The van der Waals surface area contributed by atoms with Crippen molar-refractivity contribution in [2.45, 2.75) is 38.1 Å². The summed E-state index contributed by atoms with van der Waals surface area (Å²) in [5.74, 6) is 0.319. The number of nitrogens with two attached hydrogens (primary N) is 1. The van der Waals surface area contributed by atoms with E-state index in [2.05, 4.69) is 10.5 Å². The summed E-state index contributed by atoms with van der Waals surface area (Å²) in [6.45, 7) is 2.35. The summed E-state index contributed by atoms with van der Waals surface area (Å²) in [7, 11) is 0. The Labute approximate surface area is 124 Å². The number of amides is 1. The summed E-state index contributed by atoms with van der Waals surface area (Å²) in [5.41, 5.74) is 5.49. The number of hydrogen-bond donors (Lipinski definition) is 3. The molecule has 21 heavy (non-hydrogen) atoms. The van der Waals surface area contributed by atoms with Crippen LogP contribution < -0.4 is 15.8 Å². The monoisotopic (exact) mass is 291 g/mol. The van der Waals surface area contributed by atoms with Gasteiger partial charge in [0.15, 0.2) is 5.84 Å². The van der Waals surface area contributed by atoms with Crippen molar-refractivity contribution in [3.8, 4) is 5.75 Å². The molecule has 0 aliphatic heterocycles. The zero-order valence-electron chi connectivity index (χ0n) is 12.1. The Bertz CT molecular complexity index is 537. The first-order valence-corrected chi connectivity index (χ1v) is 7.15. The fraction of sp³-hybridized carbons (Fsp3) is 0.467. The van der Waals surface area contributed by atoms with Gasteiger partial charge < -0.3 is 21.0 Å². The average molecular weight is 291 g/mol. The highest BCUT2D eigenvalue weighted by atomic mass is 16.5. The van der Waals surface area contributed by atoms with Gasteiger partial charge in [-0.2, -0.15) is 0 Å². The van der Waals surface area contributed by atoms with E-state index in [4.69, 9.17) is 15.7 Å². The lowest BCUT2D eigenvalue weighted by molar-refractivity contribution is 0.0919. The van der Waals surface area contributed by atoms with Gasteiger partial charge in [-0.15, -0.1) is 0 Å². The van der Waals surface area contributed by atoms with Crippen molar-refractivity contribution in [1.82, 2.24) is 5.32 Å². The number of carbonyl (C=O) groups is 1. The van der Waals surface area contributed by atoms with Gasteiger partial charge in [0.25, 0.3) is 5.91 Å². The van der Waals surface area contributed by atoms with Crippen LogP contribution >= 0.6 is 0 Å². The molecule has 4 N–H and O–H groups in total. The topological polar surface area (TPSA) is 96.9 Å². The van der Waals surface area contributed by atoms with E-state index in [0.717, 1.165) is 12.8 Å². The van der Waals surface area contributed by atoms with Gasteiger partial charge in [0, 0.05) is 0 Å². The maximum absolute atomic E-state index is 12.5. The second-order valence-corrected chi connectivity index (χ2v) is 5.16. The van der Waals surface area contributed by atoms with E-state index < -0.39 is 5.54 Å². The molecule has 1 aliphatic carbocycles. The molecule has 1 saturated carbocycles. The second-order valence-electron chi connectivity index (χ2n) is 5.16. The van der Waals surface area contributed by atoms with Gasteiger partial charge in [0.2, 0.25) is 0 Å². The largest absolute Gasteiger partial charge is 0.493 e. The maximum Gasteiger partial charge on any atom is 0.255 e. The van der Waals surface area contributed by atoms with E-state index in [0.29, 0.717) is 30.8 Å². The lowest BCUT2D eigenvalue weighted by Crippen LogP contribution is -2.55. The van der Waals surface area contributed by atoms with Crippen LogP contribution in [-0.2, 0) is 0 Å². The number of hydrogen-bond acceptors (Lipinski definition) is 4. The Morgan fingerprint density at radius 3 is 2.71 bits per heavy atom. The van der Waals surface area contributed by atoms with Crippen LogP contribution in [0.1, 0.15) is 43.0 Å². The minimum absolute atomic E-state index is 0.0576. The highest BCUT2D eigenvalue weighted by Gasteiger charge is 2.40. The van der Waals surface area contributed by atoms with E-state index in [1.165, 1.54) is 0 Å². The highest BCUT2D eigenvalue weighted by molar-refractivity contribution is 6.02. The molecule has 0 spiro atoms. The summed E-state index contributed by atoms with van der Waals surface area (Å²) >= 11 is 0. The number of nitrogens with one attached hydrogen (secondary N) is 1. The number of para-hydroxylation sites is 1. The first-order chi connectivity index (χ1) is 10.1. The van der Waals surface area contributed by atoms with E-state index in [-0.39, 0.29) is 11.7 Å². The fourth-order valence-electron chi connectivity index (χ4n) is 2.74. The summed E-state index contributed by atoms with van der Waals surface area (Å²) in [6.07, 6.45) is 3.21. The van der Waals surface area contributed by atoms with E-state index in [1.807, 2.05) is 13.0 Å². The van der Waals surface area contributed by atoms with Gasteiger partial charge >= 0.3 is 0 Å². The normalized spacial score (nSPS) is 17.5. The molecular formula is C15H21N3O3. The van der Waals surface area contributed by atoms with Gasteiger partial charge in [0.05, 0.1) is 12.2 Å². The third-order valence-corrected chi connectivity index (χ3v) is 3.84. The SMILES string of the molecule is CCOc1ccccc1C(=O)NC1(/C(N)=N/O)CCCC1. The van der Waals surface area contributed by atoms with Crippen molar-refractivity contribution in [1.29, 1.82) is 0 Å². The molecule has 6 nitrogen and oxygen atoms in total. The van der Waals surface area contributed by atoms with Crippen LogP contribution in [0.15, 0.2) is 29.4 Å². The van der Waals surface area contributed by atoms with Crippen molar-refractivity contribution >= 4 is 11.7 Å². The lowest BCUT2D eigenvalue weighted by Gasteiger charge is -2.29. The molecule has 6 heteroatoms.